The molecule has 1 spiro atoms. The second-order valence-corrected chi connectivity index (χ2v) is 10.5. The molecule has 1 saturated heterocycles. The lowest BCUT2D eigenvalue weighted by Crippen LogP contribution is -2.40. The van der Waals surface area contributed by atoms with Crippen molar-refractivity contribution in [3.8, 4) is 5.75 Å². The average Bonchev–Trinajstić information content (AvgIpc) is 3.23. The Morgan fingerprint density at radius 1 is 1.06 bits per heavy atom. The summed E-state index contributed by atoms with van der Waals surface area (Å²) in [4.78, 5) is 13.5. The van der Waals surface area contributed by atoms with E-state index in [9.17, 15) is 4.79 Å². The van der Waals surface area contributed by atoms with Gasteiger partial charge < -0.3 is 9.84 Å². The van der Waals surface area contributed by atoms with Crippen LogP contribution in [-0.4, -0.2) is 29.1 Å². The van der Waals surface area contributed by atoms with Gasteiger partial charge in [0.1, 0.15) is 12.4 Å². The van der Waals surface area contributed by atoms with Crippen LogP contribution in [0.15, 0.2) is 72.8 Å². The predicted octanol–water partition coefficient (Wildman–Crippen LogP) is 6.71. The molecule has 2 aliphatic rings. The number of carboxylic acids is 1. The first-order valence-electron chi connectivity index (χ1n) is 13.0. The fraction of sp³-hybridized carbons (Fsp3) is 0.344. The Bertz CT molecular complexity index is 1250. The highest BCUT2D eigenvalue weighted by Gasteiger charge is 2.37. The predicted molar refractivity (Wildman–Crippen MR) is 144 cm³/mol. The molecule has 1 unspecified atom stereocenters. The number of piperidine rings is 1. The zero-order chi connectivity index (χ0) is 25.1. The Kier molecular flexibility index (Phi) is 6.97. The Balaban J connectivity index is 1.14. The van der Waals surface area contributed by atoms with Gasteiger partial charge in [0.25, 0.3) is 0 Å². The molecule has 1 fully saturated rings. The average molecular weight is 482 g/mol. The number of aliphatic carboxylic acids is 1. The van der Waals surface area contributed by atoms with Crippen molar-refractivity contribution < 1.29 is 14.6 Å². The summed E-state index contributed by atoms with van der Waals surface area (Å²) >= 11 is 0. The normalized spacial score (nSPS) is 17.2. The zero-order valence-corrected chi connectivity index (χ0v) is 21.2. The van der Waals surface area contributed by atoms with E-state index in [2.05, 4.69) is 66.4 Å². The SMILES string of the molecule is Cc1cc(COc2ccc(C(C)CC(=O)O)cc2)ccc1CN1CCC2(C=Cc3ccccc32)CC1. The number of ether oxygens (including phenoxy) is 1. The number of likely N-dealkylation sites (tertiary alicyclic amines) is 1. The largest absolute Gasteiger partial charge is 0.489 e. The number of hydrogen-bond donors (Lipinski definition) is 1. The summed E-state index contributed by atoms with van der Waals surface area (Å²) in [5.74, 6) is 0.0120. The minimum atomic E-state index is -0.775. The highest BCUT2D eigenvalue weighted by Crippen LogP contribution is 2.43. The van der Waals surface area contributed by atoms with Crippen LogP contribution in [0, 0.1) is 6.92 Å². The van der Waals surface area contributed by atoms with Gasteiger partial charge in [-0.1, -0.05) is 73.7 Å². The third-order valence-corrected chi connectivity index (χ3v) is 7.96. The standard InChI is InChI=1S/C32H35NO3/c1-23-19-25(22-36-29-11-9-26(10-12-29)24(2)20-31(34)35)7-8-28(23)21-33-17-15-32(16-18-33)14-13-27-5-3-4-6-30(27)32/h3-14,19,24H,15-18,20-22H2,1-2H3,(H,34,35). The number of rotatable bonds is 8. The minimum Gasteiger partial charge on any atom is -0.489 e. The third kappa shape index (κ3) is 5.24. The summed E-state index contributed by atoms with van der Waals surface area (Å²) in [6.45, 7) is 7.86. The van der Waals surface area contributed by atoms with E-state index in [-0.39, 0.29) is 17.8 Å². The van der Waals surface area contributed by atoms with Crippen molar-refractivity contribution in [2.24, 2.45) is 0 Å². The van der Waals surface area contributed by atoms with Crippen molar-refractivity contribution in [2.75, 3.05) is 13.1 Å². The molecule has 36 heavy (non-hydrogen) atoms. The first-order chi connectivity index (χ1) is 17.4. The number of aryl methyl sites for hydroxylation is 1. The monoisotopic (exact) mass is 481 g/mol. The summed E-state index contributed by atoms with van der Waals surface area (Å²) in [7, 11) is 0. The number of nitrogens with zero attached hydrogens (tertiary/aromatic N) is 1. The van der Waals surface area contributed by atoms with Crippen molar-refractivity contribution in [3.05, 3.63) is 106 Å². The van der Waals surface area contributed by atoms with Crippen LogP contribution >= 0.6 is 0 Å². The molecule has 0 saturated carbocycles. The molecule has 0 amide bonds. The fourth-order valence-electron chi connectivity index (χ4n) is 5.69. The maximum Gasteiger partial charge on any atom is 0.303 e. The molecule has 1 aliphatic carbocycles. The van der Waals surface area contributed by atoms with Gasteiger partial charge in [-0.15, -0.1) is 0 Å². The second-order valence-electron chi connectivity index (χ2n) is 10.5. The van der Waals surface area contributed by atoms with Crippen LogP contribution < -0.4 is 4.74 Å². The summed E-state index contributed by atoms with van der Waals surface area (Å²) < 4.78 is 6.00. The molecule has 0 radical (unpaired) electrons. The zero-order valence-electron chi connectivity index (χ0n) is 21.2. The lowest BCUT2D eigenvalue weighted by atomic mass is 9.74. The Morgan fingerprint density at radius 2 is 1.81 bits per heavy atom. The van der Waals surface area contributed by atoms with Crippen LogP contribution in [0.3, 0.4) is 0 Å². The third-order valence-electron chi connectivity index (χ3n) is 7.96. The van der Waals surface area contributed by atoms with Gasteiger partial charge in [-0.25, -0.2) is 0 Å². The van der Waals surface area contributed by atoms with E-state index >= 15 is 0 Å². The summed E-state index contributed by atoms with van der Waals surface area (Å²) in [5, 5.41) is 8.99. The van der Waals surface area contributed by atoms with Gasteiger partial charge in [-0.3, -0.25) is 9.69 Å². The number of carboxylic acid groups (broad SMARTS) is 1. The van der Waals surface area contributed by atoms with Gasteiger partial charge in [-0.05, 0) is 84.3 Å². The molecule has 186 valence electrons. The van der Waals surface area contributed by atoms with Crippen LogP contribution in [0.5, 0.6) is 5.75 Å². The van der Waals surface area contributed by atoms with Crippen molar-refractivity contribution in [1.82, 2.24) is 4.90 Å². The first kappa shape index (κ1) is 24.3. The lowest BCUT2D eigenvalue weighted by molar-refractivity contribution is -0.137. The number of fused-ring (bicyclic) bond motifs is 2. The molecule has 1 atom stereocenters. The molecule has 3 aromatic rings. The highest BCUT2D eigenvalue weighted by atomic mass is 16.5. The Labute approximate surface area is 214 Å². The fourth-order valence-corrected chi connectivity index (χ4v) is 5.69. The van der Waals surface area contributed by atoms with Gasteiger partial charge in [0.15, 0.2) is 0 Å². The van der Waals surface area contributed by atoms with Gasteiger partial charge in [0, 0.05) is 12.0 Å². The maximum atomic E-state index is 10.9. The summed E-state index contributed by atoms with van der Waals surface area (Å²) in [5.41, 5.74) is 7.99. The molecule has 0 bridgehead atoms. The van der Waals surface area contributed by atoms with E-state index in [1.807, 2.05) is 31.2 Å². The number of carbonyl (C=O) groups is 1. The smallest absolute Gasteiger partial charge is 0.303 e. The quantitative estimate of drug-likeness (QED) is 0.388. The molecule has 1 heterocycles. The van der Waals surface area contributed by atoms with Crippen molar-refractivity contribution in [3.63, 3.8) is 0 Å². The molecule has 4 nitrogen and oxygen atoms in total. The molecule has 1 N–H and O–H groups in total. The maximum absolute atomic E-state index is 10.9. The van der Waals surface area contributed by atoms with E-state index in [1.165, 1.54) is 35.1 Å². The van der Waals surface area contributed by atoms with Gasteiger partial charge in [0.05, 0.1) is 6.42 Å². The first-order valence-corrected chi connectivity index (χ1v) is 13.0. The van der Waals surface area contributed by atoms with Crippen LogP contribution in [0.1, 0.15) is 65.5 Å². The van der Waals surface area contributed by atoms with E-state index in [0.29, 0.717) is 6.61 Å². The molecular weight excluding hydrogens is 446 g/mol. The lowest BCUT2D eigenvalue weighted by Gasteiger charge is -2.39. The van der Waals surface area contributed by atoms with Crippen LogP contribution in [0.4, 0.5) is 0 Å². The Morgan fingerprint density at radius 3 is 2.53 bits per heavy atom. The van der Waals surface area contributed by atoms with E-state index in [0.717, 1.165) is 36.5 Å². The van der Waals surface area contributed by atoms with Crippen molar-refractivity contribution in [2.45, 2.75) is 57.6 Å². The summed E-state index contributed by atoms with van der Waals surface area (Å²) in [6.07, 6.45) is 7.25. The molecule has 3 aromatic carbocycles. The molecule has 5 rings (SSSR count). The van der Waals surface area contributed by atoms with E-state index in [4.69, 9.17) is 9.84 Å². The van der Waals surface area contributed by atoms with Crippen LogP contribution in [0.25, 0.3) is 6.08 Å². The van der Waals surface area contributed by atoms with Crippen LogP contribution in [0.2, 0.25) is 0 Å². The topological polar surface area (TPSA) is 49.8 Å². The van der Waals surface area contributed by atoms with Gasteiger partial charge in [0.2, 0.25) is 0 Å². The van der Waals surface area contributed by atoms with Crippen LogP contribution in [-0.2, 0) is 23.4 Å². The van der Waals surface area contributed by atoms with Crippen molar-refractivity contribution in [1.29, 1.82) is 0 Å². The Hall–Kier alpha value is -3.37. The number of allylic oxidation sites excluding steroid dienone is 1. The molecular formula is C32H35NO3. The number of benzene rings is 3. The molecule has 0 aromatic heterocycles. The molecule has 1 aliphatic heterocycles. The molecule has 4 heteroatoms. The summed E-state index contributed by atoms with van der Waals surface area (Å²) in [6, 6.07) is 23.3. The number of hydrogen-bond acceptors (Lipinski definition) is 3. The minimum absolute atomic E-state index is 0.0115. The van der Waals surface area contributed by atoms with Gasteiger partial charge >= 0.3 is 5.97 Å². The highest BCUT2D eigenvalue weighted by molar-refractivity contribution is 5.68. The second kappa shape index (κ2) is 10.3. The van der Waals surface area contributed by atoms with E-state index in [1.54, 1.807) is 0 Å². The van der Waals surface area contributed by atoms with Gasteiger partial charge in [-0.2, -0.15) is 0 Å². The van der Waals surface area contributed by atoms with E-state index < -0.39 is 5.97 Å². The van der Waals surface area contributed by atoms with Crippen molar-refractivity contribution >= 4 is 12.0 Å².